The van der Waals surface area contributed by atoms with E-state index in [1.54, 1.807) is 0 Å². The van der Waals surface area contributed by atoms with E-state index in [4.69, 9.17) is 11.6 Å². The summed E-state index contributed by atoms with van der Waals surface area (Å²) in [6.45, 7) is 3.53. The fraction of sp³-hybridized carbons (Fsp3) is 0.182. The van der Waals surface area contributed by atoms with Gasteiger partial charge in [-0.3, -0.25) is 0 Å². The Labute approximate surface area is 124 Å². The second-order valence-electron chi connectivity index (χ2n) is 3.48. The Bertz CT molecular complexity index is 615. The summed E-state index contributed by atoms with van der Waals surface area (Å²) in [6, 6.07) is 3.87. The standard InChI is InChI=1S/C11H11BrClNO4S/c1-7(12)6-14-19(16,17)10-5-8(11(15)18-2)3-4-9(10)13/h3-5,14H,1,6H2,2H3. The molecule has 0 bridgehead atoms. The molecule has 0 aliphatic heterocycles. The zero-order valence-electron chi connectivity index (χ0n) is 9.94. The first-order valence-electron chi connectivity index (χ1n) is 4.98. The van der Waals surface area contributed by atoms with Gasteiger partial charge in [0.25, 0.3) is 0 Å². The van der Waals surface area contributed by atoms with Crippen molar-refractivity contribution in [1.82, 2.24) is 4.72 Å². The van der Waals surface area contributed by atoms with Crippen molar-refractivity contribution in [2.24, 2.45) is 0 Å². The quantitative estimate of drug-likeness (QED) is 0.810. The highest BCUT2D eigenvalue weighted by molar-refractivity contribution is 9.11. The van der Waals surface area contributed by atoms with Gasteiger partial charge in [-0.1, -0.05) is 34.1 Å². The van der Waals surface area contributed by atoms with E-state index < -0.39 is 16.0 Å². The molecule has 0 unspecified atom stereocenters. The number of hydrogen-bond donors (Lipinski definition) is 1. The van der Waals surface area contributed by atoms with Crippen LogP contribution in [-0.2, 0) is 14.8 Å². The lowest BCUT2D eigenvalue weighted by Gasteiger charge is -2.09. The van der Waals surface area contributed by atoms with Crippen molar-refractivity contribution in [2.75, 3.05) is 13.7 Å². The van der Waals surface area contributed by atoms with Crippen molar-refractivity contribution >= 4 is 43.5 Å². The van der Waals surface area contributed by atoms with Crippen molar-refractivity contribution in [3.05, 3.63) is 39.8 Å². The zero-order chi connectivity index (χ0) is 14.6. The van der Waals surface area contributed by atoms with Crippen molar-refractivity contribution in [3.63, 3.8) is 0 Å². The van der Waals surface area contributed by atoms with Crippen molar-refractivity contribution < 1.29 is 17.9 Å². The van der Waals surface area contributed by atoms with Gasteiger partial charge >= 0.3 is 5.97 Å². The van der Waals surface area contributed by atoms with Gasteiger partial charge in [-0.05, 0) is 18.2 Å². The predicted molar refractivity (Wildman–Crippen MR) is 76.0 cm³/mol. The number of sulfonamides is 1. The van der Waals surface area contributed by atoms with E-state index in [9.17, 15) is 13.2 Å². The maximum absolute atomic E-state index is 12.0. The van der Waals surface area contributed by atoms with E-state index in [0.717, 1.165) is 6.07 Å². The fourth-order valence-electron chi connectivity index (χ4n) is 1.21. The highest BCUT2D eigenvalue weighted by atomic mass is 79.9. The van der Waals surface area contributed by atoms with Gasteiger partial charge in [-0.15, -0.1) is 0 Å². The Hall–Kier alpha value is -0.890. The van der Waals surface area contributed by atoms with Gasteiger partial charge in [0.05, 0.1) is 17.7 Å². The average molecular weight is 369 g/mol. The lowest BCUT2D eigenvalue weighted by Crippen LogP contribution is -2.25. The molecule has 0 atom stereocenters. The van der Waals surface area contributed by atoms with Crippen LogP contribution in [0.5, 0.6) is 0 Å². The Morgan fingerprint density at radius 1 is 1.53 bits per heavy atom. The van der Waals surface area contributed by atoms with Gasteiger partial charge in [0.2, 0.25) is 10.0 Å². The molecule has 8 heteroatoms. The summed E-state index contributed by atoms with van der Waals surface area (Å²) in [5.74, 6) is -0.641. The van der Waals surface area contributed by atoms with E-state index in [-0.39, 0.29) is 22.0 Å². The average Bonchev–Trinajstić information content (AvgIpc) is 2.36. The van der Waals surface area contributed by atoms with Crippen LogP contribution in [-0.4, -0.2) is 28.0 Å². The normalized spacial score (nSPS) is 11.1. The molecule has 104 valence electrons. The summed E-state index contributed by atoms with van der Waals surface area (Å²) >= 11 is 8.88. The first-order valence-corrected chi connectivity index (χ1v) is 7.64. The minimum absolute atomic E-state index is 0.0142. The Balaban J connectivity index is 3.18. The highest BCUT2D eigenvalue weighted by Gasteiger charge is 2.20. The van der Waals surface area contributed by atoms with Crippen LogP contribution >= 0.6 is 27.5 Å². The molecule has 0 aromatic heterocycles. The zero-order valence-corrected chi connectivity index (χ0v) is 13.1. The lowest BCUT2D eigenvalue weighted by molar-refractivity contribution is 0.0600. The number of nitrogens with one attached hydrogen (secondary N) is 1. The largest absolute Gasteiger partial charge is 0.465 e. The number of esters is 1. The summed E-state index contributed by atoms with van der Waals surface area (Å²) < 4.78 is 31.3. The molecule has 0 amide bonds. The molecule has 0 heterocycles. The molecule has 0 saturated carbocycles. The minimum Gasteiger partial charge on any atom is -0.465 e. The number of methoxy groups -OCH3 is 1. The molecule has 1 aromatic carbocycles. The van der Waals surface area contributed by atoms with Crippen LogP contribution in [0.15, 0.2) is 34.2 Å². The highest BCUT2D eigenvalue weighted by Crippen LogP contribution is 2.23. The van der Waals surface area contributed by atoms with Crippen LogP contribution in [0.2, 0.25) is 5.02 Å². The molecule has 0 fully saturated rings. The first-order chi connectivity index (χ1) is 8.77. The molecular formula is C11H11BrClNO4S. The third-order valence-electron chi connectivity index (χ3n) is 2.10. The lowest BCUT2D eigenvalue weighted by atomic mass is 10.2. The summed E-state index contributed by atoms with van der Waals surface area (Å²) in [6.07, 6.45) is 0. The predicted octanol–water partition coefficient (Wildman–Crippen LogP) is 2.31. The first kappa shape index (κ1) is 16.2. The summed E-state index contributed by atoms with van der Waals surface area (Å²) in [7, 11) is -2.62. The molecule has 1 aromatic rings. The van der Waals surface area contributed by atoms with Crippen LogP contribution in [0.3, 0.4) is 0 Å². The topological polar surface area (TPSA) is 72.5 Å². The third kappa shape index (κ3) is 4.31. The molecular weight excluding hydrogens is 358 g/mol. The van der Waals surface area contributed by atoms with Gasteiger partial charge in [-0.25, -0.2) is 17.9 Å². The summed E-state index contributed by atoms with van der Waals surface area (Å²) in [4.78, 5) is 11.2. The molecule has 0 saturated heterocycles. The van der Waals surface area contributed by atoms with Crippen molar-refractivity contribution in [1.29, 1.82) is 0 Å². The van der Waals surface area contributed by atoms with E-state index in [0.29, 0.717) is 4.48 Å². The Morgan fingerprint density at radius 2 is 2.16 bits per heavy atom. The second-order valence-corrected chi connectivity index (χ2v) is 6.74. The molecule has 1 N–H and O–H groups in total. The smallest absolute Gasteiger partial charge is 0.337 e. The van der Waals surface area contributed by atoms with E-state index in [1.165, 1.54) is 19.2 Å². The molecule has 0 radical (unpaired) electrons. The van der Waals surface area contributed by atoms with Crippen molar-refractivity contribution in [3.8, 4) is 0 Å². The number of halogens is 2. The molecule has 19 heavy (non-hydrogen) atoms. The van der Waals surface area contributed by atoms with Crippen LogP contribution in [0, 0.1) is 0 Å². The van der Waals surface area contributed by atoms with E-state index in [1.807, 2.05) is 0 Å². The molecule has 0 spiro atoms. The van der Waals surface area contributed by atoms with Gasteiger partial charge in [0, 0.05) is 11.0 Å². The van der Waals surface area contributed by atoms with Crippen LogP contribution in [0.25, 0.3) is 0 Å². The van der Waals surface area contributed by atoms with Crippen molar-refractivity contribution in [2.45, 2.75) is 4.90 Å². The summed E-state index contributed by atoms with van der Waals surface area (Å²) in [5.41, 5.74) is 0.102. The minimum atomic E-state index is -3.83. The maximum atomic E-state index is 12.0. The number of carbonyl (C=O) groups is 1. The maximum Gasteiger partial charge on any atom is 0.337 e. The van der Waals surface area contributed by atoms with Gasteiger partial charge in [0.1, 0.15) is 4.90 Å². The van der Waals surface area contributed by atoms with Gasteiger partial charge < -0.3 is 4.74 Å². The van der Waals surface area contributed by atoms with Crippen LogP contribution in [0.4, 0.5) is 0 Å². The number of rotatable bonds is 5. The molecule has 0 aliphatic carbocycles. The van der Waals surface area contributed by atoms with Gasteiger partial charge in [-0.2, -0.15) is 0 Å². The SMILES string of the molecule is C=C(Br)CNS(=O)(=O)c1cc(C(=O)OC)ccc1Cl. The van der Waals surface area contributed by atoms with Crippen LogP contribution in [0.1, 0.15) is 10.4 Å². The fourth-order valence-corrected chi connectivity index (χ4v) is 3.08. The van der Waals surface area contributed by atoms with E-state index >= 15 is 0 Å². The molecule has 0 aliphatic rings. The van der Waals surface area contributed by atoms with Gasteiger partial charge in [0.15, 0.2) is 0 Å². The number of carbonyl (C=O) groups excluding carboxylic acids is 1. The number of ether oxygens (including phenoxy) is 1. The molecule has 5 nitrogen and oxygen atoms in total. The Morgan fingerprint density at radius 3 is 2.68 bits per heavy atom. The van der Waals surface area contributed by atoms with E-state index in [2.05, 4.69) is 32.0 Å². The summed E-state index contributed by atoms with van der Waals surface area (Å²) in [5, 5.41) is 0.0142. The monoisotopic (exact) mass is 367 g/mol. The second kappa shape index (κ2) is 6.51. The number of benzene rings is 1. The van der Waals surface area contributed by atoms with Crippen LogP contribution < -0.4 is 4.72 Å². The third-order valence-corrected chi connectivity index (χ3v) is 4.26. The number of hydrogen-bond acceptors (Lipinski definition) is 4. The molecule has 1 rings (SSSR count). The Kier molecular flexibility index (Phi) is 5.54.